The minimum absolute atomic E-state index is 0.0511. The molecule has 1 aromatic heterocycles. The second-order valence-corrected chi connectivity index (χ2v) is 12.5. The molecule has 1 aliphatic heterocycles. The van der Waals surface area contributed by atoms with Crippen LogP contribution in [0.1, 0.15) is 55.4 Å². The number of hydrogen-bond donors (Lipinski definition) is 0. The van der Waals surface area contributed by atoms with Gasteiger partial charge >= 0.3 is 0 Å². The third kappa shape index (κ3) is 4.85. The molecule has 0 fully saturated rings. The van der Waals surface area contributed by atoms with Crippen molar-refractivity contribution >= 4 is 46.2 Å². The number of aryl methyl sites for hydroxylation is 8. The van der Waals surface area contributed by atoms with Gasteiger partial charge in [0.25, 0.3) is 0 Å². The zero-order chi connectivity index (χ0) is 42.3. The van der Waals surface area contributed by atoms with E-state index in [9.17, 15) is 0 Å². The summed E-state index contributed by atoms with van der Waals surface area (Å²) in [4.78, 5) is 0. The van der Waals surface area contributed by atoms with Crippen molar-refractivity contribution in [1.82, 2.24) is 0 Å². The Morgan fingerprint density at radius 1 is 0.457 bits per heavy atom. The number of benzene rings is 5. The first-order valence-electron chi connectivity index (χ1n) is 21.6. The van der Waals surface area contributed by atoms with E-state index in [1.54, 1.807) is 54.1 Å². The molecular weight excluding hydrogens is 552 g/mol. The molecule has 46 heavy (non-hydrogen) atoms. The standard InChI is InChI=1S/C43H42B2N/c1-27-15-9-10-20-34(27)41-25-36(33(7)26-46(41)8)35-24-40-39(23-32(35)6)44(42-28(2)16-13-17-29(42)3)37-21-11-12-22-38(37)45(40)43-30(4)18-14-19-31(43)5/h9-26H,1-8H3/q+1/i2D3,4D3,6D3,7D3. The predicted molar refractivity (Wildman–Crippen MR) is 200 cm³/mol. The van der Waals surface area contributed by atoms with Gasteiger partial charge in [0.1, 0.15) is 7.05 Å². The van der Waals surface area contributed by atoms with Crippen LogP contribution in [0.25, 0.3) is 22.4 Å². The van der Waals surface area contributed by atoms with Crippen LogP contribution >= 0.6 is 0 Å². The molecule has 5 aromatic carbocycles. The molecule has 0 radical (unpaired) electrons. The van der Waals surface area contributed by atoms with Crippen LogP contribution in [0.2, 0.25) is 0 Å². The highest BCUT2D eigenvalue weighted by molar-refractivity contribution is 7.11. The van der Waals surface area contributed by atoms with Crippen LogP contribution in [-0.2, 0) is 7.05 Å². The Kier molecular flexibility index (Phi) is 4.84. The molecular formula is C43H42B2N+. The second kappa shape index (κ2) is 11.6. The summed E-state index contributed by atoms with van der Waals surface area (Å²) in [7, 11) is 1.76. The molecule has 0 saturated carbocycles. The van der Waals surface area contributed by atoms with Gasteiger partial charge in [-0.2, -0.15) is 0 Å². The van der Waals surface area contributed by atoms with Crippen molar-refractivity contribution in [2.24, 2.45) is 7.05 Å². The van der Waals surface area contributed by atoms with Crippen molar-refractivity contribution in [2.45, 2.75) is 48.2 Å². The highest BCUT2D eigenvalue weighted by Crippen LogP contribution is 2.30. The molecule has 0 spiro atoms. The quantitative estimate of drug-likeness (QED) is 0.188. The van der Waals surface area contributed by atoms with Gasteiger partial charge in [-0.1, -0.05) is 146 Å². The maximum Gasteiger partial charge on any atom is 0.240 e. The summed E-state index contributed by atoms with van der Waals surface area (Å²) in [6.45, 7) is -6.36. The van der Waals surface area contributed by atoms with E-state index in [1.165, 1.54) is 6.20 Å². The lowest BCUT2D eigenvalue weighted by atomic mass is 9.20. The molecule has 0 bridgehead atoms. The molecule has 2 heterocycles. The minimum Gasteiger partial charge on any atom is -0.201 e. The SMILES string of the molecule is [2H]C([2H])([2H])c1cc2c(cc1-c1cc(-c3ccccc3C)[n+](C)cc1C([2H])([2H])[2H])B(c1c(C)cccc1C([2H])([2H])[2H])c1ccccc1B2c1c(C)cccc1C([2H])([2H])[2H]. The van der Waals surface area contributed by atoms with E-state index in [4.69, 9.17) is 16.4 Å². The van der Waals surface area contributed by atoms with Gasteiger partial charge in [0.2, 0.25) is 19.1 Å². The molecule has 0 unspecified atom stereocenters. The van der Waals surface area contributed by atoms with Crippen molar-refractivity contribution < 1.29 is 21.0 Å². The highest BCUT2D eigenvalue weighted by atomic mass is 14.9. The first-order chi connectivity index (χ1) is 27.0. The van der Waals surface area contributed by atoms with E-state index in [0.29, 0.717) is 38.7 Å². The average molecular weight is 607 g/mol. The summed E-state index contributed by atoms with van der Waals surface area (Å²) in [6, 6.07) is 30.5. The Labute approximate surface area is 293 Å². The van der Waals surface area contributed by atoms with Crippen LogP contribution in [-0.4, -0.2) is 13.4 Å². The predicted octanol–water partition coefficient (Wildman–Crippen LogP) is 5.35. The number of hydrogen-bond acceptors (Lipinski definition) is 0. The zero-order valence-electron chi connectivity index (χ0n) is 38.5. The Morgan fingerprint density at radius 2 is 0.957 bits per heavy atom. The molecule has 0 atom stereocenters. The second-order valence-electron chi connectivity index (χ2n) is 12.5. The van der Waals surface area contributed by atoms with Gasteiger partial charge in [-0.05, 0) is 76.5 Å². The monoisotopic (exact) mass is 606 g/mol. The Bertz CT molecular complexity index is 2590. The molecule has 0 saturated heterocycles. The molecule has 7 rings (SSSR count). The third-order valence-corrected chi connectivity index (χ3v) is 9.67. The topological polar surface area (TPSA) is 3.88 Å². The van der Waals surface area contributed by atoms with Crippen LogP contribution in [0, 0.1) is 48.2 Å². The number of pyridine rings is 1. The van der Waals surface area contributed by atoms with Crippen molar-refractivity contribution in [3.05, 3.63) is 148 Å². The Balaban J connectivity index is 1.70. The van der Waals surface area contributed by atoms with Crippen LogP contribution < -0.4 is 37.3 Å². The van der Waals surface area contributed by atoms with Crippen LogP contribution in [0.5, 0.6) is 0 Å². The maximum atomic E-state index is 8.99. The summed E-state index contributed by atoms with van der Waals surface area (Å²) >= 11 is 0. The summed E-state index contributed by atoms with van der Waals surface area (Å²) in [5.41, 5.74) is 7.89. The van der Waals surface area contributed by atoms with Gasteiger partial charge in [-0.25, -0.2) is 4.57 Å². The molecule has 224 valence electrons. The molecule has 0 aliphatic carbocycles. The summed E-state index contributed by atoms with van der Waals surface area (Å²) in [6.07, 6.45) is 1.53. The van der Waals surface area contributed by atoms with Crippen molar-refractivity contribution in [1.29, 1.82) is 0 Å². The number of fused-ring (bicyclic) bond motifs is 2. The summed E-state index contributed by atoms with van der Waals surface area (Å²) in [5.74, 6) is 0. The van der Waals surface area contributed by atoms with Gasteiger partial charge in [0, 0.05) is 33.6 Å². The third-order valence-electron chi connectivity index (χ3n) is 9.67. The summed E-state index contributed by atoms with van der Waals surface area (Å²) in [5, 5.41) is 0. The van der Waals surface area contributed by atoms with Gasteiger partial charge in [0.05, 0.1) is 0 Å². The fourth-order valence-electron chi connectivity index (χ4n) is 7.48. The fraction of sp³-hybridized carbons (Fsp3) is 0.186. The first kappa shape index (κ1) is 19.1. The summed E-state index contributed by atoms with van der Waals surface area (Å²) < 4.78 is 107. The number of nitrogens with zero attached hydrogens (tertiary/aromatic N) is 1. The highest BCUT2D eigenvalue weighted by Gasteiger charge is 2.41. The van der Waals surface area contributed by atoms with Crippen molar-refractivity contribution in [2.75, 3.05) is 0 Å². The minimum atomic E-state index is -2.76. The van der Waals surface area contributed by atoms with Gasteiger partial charge in [-0.3, -0.25) is 0 Å². The van der Waals surface area contributed by atoms with Crippen LogP contribution in [0.3, 0.4) is 0 Å². The van der Waals surface area contributed by atoms with E-state index >= 15 is 0 Å². The van der Waals surface area contributed by atoms with Gasteiger partial charge in [0.15, 0.2) is 6.20 Å². The zero-order valence-corrected chi connectivity index (χ0v) is 26.5. The van der Waals surface area contributed by atoms with Gasteiger partial charge < -0.3 is 0 Å². The maximum absolute atomic E-state index is 8.99. The van der Waals surface area contributed by atoms with Gasteiger partial charge in [-0.15, -0.1) is 0 Å². The lowest BCUT2D eigenvalue weighted by Crippen LogP contribution is -2.76. The van der Waals surface area contributed by atoms with Crippen molar-refractivity contribution in [3.8, 4) is 22.4 Å². The largest absolute Gasteiger partial charge is 0.240 e. The molecule has 3 heteroatoms. The van der Waals surface area contributed by atoms with E-state index in [-0.39, 0.29) is 33.4 Å². The molecule has 6 aromatic rings. The van der Waals surface area contributed by atoms with Crippen molar-refractivity contribution in [3.63, 3.8) is 0 Å². The number of aromatic nitrogens is 1. The fourth-order valence-corrected chi connectivity index (χ4v) is 7.48. The van der Waals surface area contributed by atoms with E-state index in [0.717, 1.165) is 22.1 Å². The van der Waals surface area contributed by atoms with Crippen LogP contribution in [0.4, 0.5) is 0 Å². The first-order valence-corrected chi connectivity index (χ1v) is 15.6. The smallest absolute Gasteiger partial charge is 0.201 e. The Morgan fingerprint density at radius 3 is 1.54 bits per heavy atom. The molecule has 1 nitrogen and oxygen atoms in total. The van der Waals surface area contributed by atoms with E-state index in [1.807, 2.05) is 81.4 Å². The molecule has 0 amide bonds. The normalized spacial score (nSPS) is 17.2. The molecule has 0 N–H and O–H groups in total. The van der Waals surface area contributed by atoms with Crippen LogP contribution in [0.15, 0.2) is 109 Å². The van der Waals surface area contributed by atoms with E-state index in [2.05, 4.69) is 0 Å². The number of rotatable bonds is 4. The lowest BCUT2D eigenvalue weighted by Gasteiger charge is -2.35. The van der Waals surface area contributed by atoms with E-state index < -0.39 is 40.8 Å². The molecule has 1 aliphatic rings. The Hall–Kier alpha value is -4.62. The average Bonchev–Trinajstić information content (AvgIpc) is 3.12. The lowest BCUT2D eigenvalue weighted by molar-refractivity contribution is -0.660.